The zero-order chi connectivity index (χ0) is 14.8. The Bertz CT molecular complexity index is 685. The van der Waals surface area contributed by atoms with Crippen molar-refractivity contribution in [2.75, 3.05) is 12.8 Å². The van der Waals surface area contributed by atoms with Gasteiger partial charge in [0.1, 0.15) is 5.82 Å². The van der Waals surface area contributed by atoms with Gasteiger partial charge in [-0.2, -0.15) is 0 Å². The number of nitrogen functional groups attached to an aromatic ring is 1. The summed E-state index contributed by atoms with van der Waals surface area (Å²) in [7, 11) is 1.54. The molecule has 1 aliphatic carbocycles. The molecule has 1 unspecified atom stereocenters. The zero-order valence-electron chi connectivity index (χ0n) is 11.5. The number of hydrogen-bond acceptors (Lipinski definition) is 5. The second-order valence-corrected chi connectivity index (χ2v) is 4.84. The number of nitrogens with zero attached hydrogens (tertiary/aromatic N) is 2. The first-order valence-corrected chi connectivity index (χ1v) is 6.55. The molecule has 0 aliphatic heterocycles. The Balaban J connectivity index is 2.01. The second-order valence-electron chi connectivity index (χ2n) is 4.84. The van der Waals surface area contributed by atoms with Gasteiger partial charge in [0.15, 0.2) is 0 Å². The molecule has 1 atom stereocenters. The molecule has 2 aromatic rings. The maximum Gasteiger partial charge on any atom is 0.220 e. The van der Waals surface area contributed by atoms with E-state index in [1.807, 2.05) is 6.08 Å². The maximum atomic E-state index is 13.1. The van der Waals surface area contributed by atoms with Crippen LogP contribution in [0.25, 0.3) is 5.70 Å². The molecule has 1 aromatic carbocycles. The quantitative estimate of drug-likeness (QED) is 0.845. The summed E-state index contributed by atoms with van der Waals surface area (Å²) in [5.74, 6) is 0.0658. The third kappa shape index (κ3) is 2.71. The normalized spacial score (nSPS) is 17.0. The van der Waals surface area contributed by atoms with Crippen LogP contribution in [0.15, 0.2) is 36.5 Å². The van der Waals surface area contributed by atoms with Gasteiger partial charge in [-0.25, -0.2) is 14.4 Å². The number of aromatic nitrogens is 2. The highest BCUT2D eigenvalue weighted by Crippen LogP contribution is 2.32. The van der Waals surface area contributed by atoms with Crippen molar-refractivity contribution in [2.24, 2.45) is 0 Å². The minimum Gasteiger partial charge on any atom is -0.368 e. The number of hydrogen-bond donors (Lipinski definition) is 2. The molecule has 3 rings (SSSR count). The van der Waals surface area contributed by atoms with Gasteiger partial charge in [-0.3, -0.25) is 10.3 Å². The van der Waals surface area contributed by atoms with E-state index < -0.39 is 0 Å². The molecule has 1 heterocycles. The van der Waals surface area contributed by atoms with Crippen LogP contribution in [0.2, 0.25) is 0 Å². The average molecular weight is 286 g/mol. The highest BCUT2D eigenvalue weighted by Gasteiger charge is 2.23. The van der Waals surface area contributed by atoms with E-state index in [0.717, 1.165) is 22.5 Å². The maximum absolute atomic E-state index is 13.1. The second kappa shape index (κ2) is 5.49. The van der Waals surface area contributed by atoms with Crippen LogP contribution in [0, 0.1) is 5.82 Å². The van der Waals surface area contributed by atoms with E-state index in [2.05, 4.69) is 15.4 Å². The van der Waals surface area contributed by atoms with Gasteiger partial charge in [0.25, 0.3) is 0 Å². The molecule has 0 amide bonds. The third-order valence-electron chi connectivity index (χ3n) is 3.47. The molecule has 0 saturated heterocycles. The molecule has 108 valence electrons. The molecule has 6 heteroatoms. The molecule has 3 N–H and O–H groups in total. The number of hydroxylamine groups is 1. The molecule has 0 spiro atoms. The number of fused-ring (bicyclic) bond motifs is 1. The van der Waals surface area contributed by atoms with Crippen LogP contribution in [-0.4, -0.2) is 17.1 Å². The van der Waals surface area contributed by atoms with Crippen LogP contribution in [0.4, 0.5) is 10.3 Å². The fraction of sp³-hybridized carbons (Fsp3) is 0.200. The lowest BCUT2D eigenvalue weighted by atomic mass is 9.87. The van der Waals surface area contributed by atoms with Crippen molar-refractivity contribution in [3.05, 3.63) is 59.2 Å². The molecule has 1 aromatic heterocycles. The van der Waals surface area contributed by atoms with Crippen LogP contribution in [0.5, 0.6) is 0 Å². The van der Waals surface area contributed by atoms with Crippen LogP contribution >= 0.6 is 0 Å². The predicted molar refractivity (Wildman–Crippen MR) is 77.4 cm³/mol. The van der Waals surface area contributed by atoms with Gasteiger partial charge in [0.2, 0.25) is 5.95 Å². The Morgan fingerprint density at radius 2 is 2.10 bits per heavy atom. The van der Waals surface area contributed by atoms with Crippen molar-refractivity contribution >= 4 is 11.6 Å². The fourth-order valence-electron chi connectivity index (χ4n) is 2.49. The summed E-state index contributed by atoms with van der Waals surface area (Å²) in [4.78, 5) is 13.3. The Hall–Kier alpha value is -2.47. The summed E-state index contributed by atoms with van der Waals surface area (Å²) in [5, 5.41) is 0. The smallest absolute Gasteiger partial charge is 0.220 e. The van der Waals surface area contributed by atoms with Crippen LogP contribution < -0.4 is 11.2 Å². The van der Waals surface area contributed by atoms with Gasteiger partial charge in [0.05, 0.1) is 18.5 Å². The summed E-state index contributed by atoms with van der Waals surface area (Å²) < 4.78 is 13.1. The summed E-state index contributed by atoms with van der Waals surface area (Å²) in [5.41, 5.74) is 12.0. The standard InChI is InChI=1S/C15H15FN4O/c1-21-20-14-7-10(9-2-4-11(16)5-3-9)6-13-12(14)8-18-15(17)19-13/h2-5,7-8,10,20H,6H2,1H3,(H2,17,18,19). The highest BCUT2D eigenvalue weighted by molar-refractivity contribution is 5.68. The number of anilines is 1. The first-order valence-electron chi connectivity index (χ1n) is 6.55. The van der Waals surface area contributed by atoms with Crippen molar-refractivity contribution in [3.8, 4) is 0 Å². The van der Waals surface area contributed by atoms with Crippen molar-refractivity contribution in [3.63, 3.8) is 0 Å². The van der Waals surface area contributed by atoms with Crippen molar-refractivity contribution in [2.45, 2.75) is 12.3 Å². The average Bonchev–Trinajstić information content (AvgIpc) is 2.47. The summed E-state index contributed by atoms with van der Waals surface area (Å²) in [6.45, 7) is 0. The van der Waals surface area contributed by atoms with Gasteiger partial charge < -0.3 is 5.73 Å². The van der Waals surface area contributed by atoms with E-state index in [1.54, 1.807) is 25.4 Å². The van der Waals surface area contributed by atoms with Crippen LogP contribution in [0.3, 0.4) is 0 Å². The molecule has 0 radical (unpaired) electrons. The van der Waals surface area contributed by atoms with E-state index >= 15 is 0 Å². The third-order valence-corrected chi connectivity index (χ3v) is 3.47. The van der Waals surface area contributed by atoms with Crippen molar-refractivity contribution in [1.29, 1.82) is 0 Å². The number of allylic oxidation sites excluding steroid dienone is 1. The largest absolute Gasteiger partial charge is 0.368 e. The molecule has 0 fully saturated rings. The molecule has 0 bridgehead atoms. The zero-order valence-corrected chi connectivity index (χ0v) is 11.5. The lowest BCUT2D eigenvalue weighted by Crippen LogP contribution is -2.20. The molecular formula is C15H15FN4O. The Morgan fingerprint density at radius 3 is 2.81 bits per heavy atom. The van der Waals surface area contributed by atoms with Crippen LogP contribution in [-0.2, 0) is 11.3 Å². The predicted octanol–water partition coefficient (Wildman–Crippen LogP) is 2.03. The van der Waals surface area contributed by atoms with E-state index in [1.165, 1.54) is 12.1 Å². The first kappa shape index (κ1) is 13.5. The highest BCUT2D eigenvalue weighted by atomic mass is 19.1. The summed E-state index contributed by atoms with van der Waals surface area (Å²) in [6, 6.07) is 6.46. The number of halogens is 1. The minimum atomic E-state index is -0.249. The van der Waals surface area contributed by atoms with E-state index in [4.69, 9.17) is 10.6 Å². The Morgan fingerprint density at radius 1 is 1.33 bits per heavy atom. The Labute approximate surface area is 121 Å². The van der Waals surface area contributed by atoms with E-state index in [-0.39, 0.29) is 17.7 Å². The topological polar surface area (TPSA) is 73.1 Å². The Kier molecular flexibility index (Phi) is 3.53. The van der Waals surface area contributed by atoms with E-state index in [0.29, 0.717) is 6.42 Å². The SMILES string of the molecule is CONC1=CC(c2ccc(F)cc2)Cc2nc(N)ncc21. The van der Waals surface area contributed by atoms with Crippen molar-refractivity contribution < 1.29 is 9.23 Å². The molecule has 21 heavy (non-hydrogen) atoms. The molecule has 5 nitrogen and oxygen atoms in total. The monoisotopic (exact) mass is 286 g/mol. The number of nitrogens with one attached hydrogen (secondary N) is 1. The minimum absolute atomic E-state index is 0.0741. The van der Waals surface area contributed by atoms with Crippen LogP contribution in [0.1, 0.15) is 22.7 Å². The number of rotatable bonds is 3. The van der Waals surface area contributed by atoms with Gasteiger partial charge in [0, 0.05) is 24.1 Å². The molecule has 0 saturated carbocycles. The van der Waals surface area contributed by atoms with Gasteiger partial charge >= 0.3 is 0 Å². The van der Waals surface area contributed by atoms with E-state index in [9.17, 15) is 4.39 Å². The number of benzene rings is 1. The lowest BCUT2D eigenvalue weighted by molar-refractivity contribution is 0.136. The molecule has 1 aliphatic rings. The first-order chi connectivity index (χ1) is 10.2. The van der Waals surface area contributed by atoms with Crippen molar-refractivity contribution in [1.82, 2.24) is 15.4 Å². The summed E-state index contributed by atoms with van der Waals surface area (Å²) >= 11 is 0. The fourth-order valence-corrected chi connectivity index (χ4v) is 2.49. The number of nitrogens with two attached hydrogens (primary N) is 1. The summed E-state index contributed by atoms with van der Waals surface area (Å²) in [6.07, 6.45) is 4.39. The lowest BCUT2D eigenvalue weighted by Gasteiger charge is -2.23. The molecular weight excluding hydrogens is 271 g/mol. The van der Waals surface area contributed by atoms with Gasteiger partial charge in [-0.15, -0.1) is 0 Å². The van der Waals surface area contributed by atoms with Gasteiger partial charge in [-0.05, 0) is 17.7 Å². The van der Waals surface area contributed by atoms with Gasteiger partial charge in [-0.1, -0.05) is 18.2 Å².